The Morgan fingerprint density at radius 1 is 1.29 bits per heavy atom. The van der Waals surface area contributed by atoms with Gasteiger partial charge in [-0.1, -0.05) is 28.1 Å². The van der Waals surface area contributed by atoms with E-state index < -0.39 is 0 Å². The third-order valence-electron chi connectivity index (χ3n) is 4.12. The number of amides is 1. The molecular formula is C17H18BrNO2. The molecule has 21 heavy (non-hydrogen) atoms. The van der Waals surface area contributed by atoms with Crippen LogP contribution in [0, 0.1) is 5.92 Å². The molecule has 2 aromatic carbocycles. The van der Waals surface area contributed by atoms with Gasteiger partial charge in [0, 0.05) is 29.1 Å². The van der Waals surface area contributed by atoms with Gasteiger partial charge in [-0.25, -0.2) is 0 Å². The first-order chi connectivity index (χ1) is 10.1. The molecule has 0 aromatic heterocycles. The molecule has 2 unspecified atom stereocenters. The minimum Gasteiger partial charge on any atom is -0.378 e. The summed E-state index contributed by atoms with van der Waals surface area (Å²) < 4.78 is 6.56. The van der Waals surface area contributed by atoms with E-state index in [0.717, 1.165) is 28.3 Å². The van der Waals surface area contributed by atoms with Gasteiger partial charge in [0.25, 0.3) is 5.91 Å². The third-order valence-corrected chi connectivity index (χ3v) is 4.62. The lowest BCUT2D eigenvalue weighted by Crippen LogP contribution is -2.31. The first-order valence-corrected chi connectivity index (χ1v) is 8.02. The van der Waals surface area contributed by atoms with Crippen LogP contribution < -0.4 is 5.32 Å². The molecule has 2 atom stereocenters. The van der Waals surface area contributed by atoms with Crippen LogP contribution in [0.3, 0.4) is 0 Å². The fourth-order valence-electron chi connectivity index (χ4n) is 2.73. The fourth-order valence-corrected chi connectivity index (χ4v) is 3.11. The van der Waals surface area contributed by atoms with Crippen LogP contribution in [0.25, 0.3) is 10.8 Å². The van der Waals surface area contributed by atoms with E-state index in [1.165, 1.54) is 0 Å². The molecule has 2 aromatic rings. The first kappa shape index (κ1) is 14.5. The van der Waals surface area contributed by atoms with Crippen molar-refractivity contribution in [3.05, 3.63) is 46.4 Å². The van der Waals surface area contributed by atoms with Gasteiger partial charge < -0.3 is 10.1 Å². The molecule has 1 aliphatic rings. The average molecular weight is 348 g/mol. The number of ether oxygens (including phenoxy) is 1. The van der Waals surface area contributed by atoms with Crippen molar-refractivity contribution in [2.75, 3.05) is 13.2 Å². The van der Waals surface area contributed by atoms with Crippen LogP contribution in [0.2, 0.25) is 0 Å². The summed E-state index contributed by atoms with van der Waals surface area (Å²) in [5.41, 5.74) is 0.705. The third kappa shape index (κ3) is 3.27. The number of nitrogens with one attached hydrogen (secondary N) is 1. The predicted molar refractivity (Wildman–Crippen MR) is 87.5 cm³/mol. The Hall–Kier alpha value is -1.39. The van der Waals surface area contributed by atoms with Gasteiger partial charge in [0.2, 0.25) is 0 Å². The molecule has 0 radical (unpaired) electrons. The fraction of sp³-hybridized carbons (Fsp3) is 0.353. The summed E-state index contributed by atoms with van der Waals surface area (Å²) in [4.78, 5) is 12.3. The molecule has 1 amide bonds. The molecule has 3 nitrogen and oxygen atoms in total. The molecule has 0 bridgehead atoms. The van der Waals surface area contributed by atoms with E-state index >= 15 is 0 Å². The first-order valence-electron chi connectivity index (χ1n) is 7.22. The Kier molecular flexibility index (Phi) is 4.27. The number of hydrogen-bond acceptors (Lipinski definition) is 2. The van der Waals surface area contributed by atoms with Crippen LogP contribution in [0.1, 0.15) is 23.7 Å². The number of carbonyl (C=O) groups excluding carboxylic acids is 1. The van der Waals surface area contributed by atoms with Gasteiger partial charge in [0.05, 0.1) is 6.10 Å². The van der Waals surface area contributed by atoms with E-state index in [2.05, 4.69) is 34.2 Å². The molecule has 110 valence electrons. The summed E-state index contributed by atoms with van der Waals surface area (Å²) in [5.74, 6) is 0.407. The lowest BCUT2D eigenvalue weighted by atomic mass is 10.0. The van der Waals surface area contributed by atoms with Crippen LogP contribution in [0.15, 0.2) is 40.9 Å². The number of benzene rings is 2. The Labute approximate surface area is 132 Å². The van der Waals surface area contributed by atoms with Crippen molar-refractivity contribution in [3.63, 3.8) is 0 Å². The minimum atomic E-state index is -0.0149. The van der Waals surface area contributed by atoms with Crippen molar-refractivity contribution in [1.29, 1.82) is 0 Å². The highest BCUT2D eigenvalue weighted by Gasteiger charge is 2.24. The molecule has 1 saturated heterocycles. The number of halogens is 1. The van der Waals surface area contributed by atoms with E-state index in [-0.39, 0.29) is 12.0 Å². The van der Waals surface area contributed by atoms with Crippen LogP contribution in [-0.4, -0.2) is 25.2 Å². The molecule has 1 N–H and O–H groups in total. The standard InChI is InChI=1S/C17H18BrNO2/c1-11-15(6-7-21-11)10-19-17(20)14-3-2-13-9-16(18)5-4-12(13)8-14/h2-5,8-9,11,15H,6-7,10H2,1H3,(H,19,20). The highest BCUT2D eigenvalue weighted by molar-refractivity contribution is 9.10. The Morgan fingerprint density at radius 2 is 2.05 bits per heavy atom. The molecule has 1 heterocycles. The smallest absolute Gasteiger partial charge is 0.251 e. The van der Waals surface area contributed by atoms with Gasteiger partial charge >= 0.3 is 0 Å². The van der Waals surface area contributed by atoms with E-state index in [0.29, 0.717) is 18.0 Å². The van der Waals surface area contributed by atoms with Gasteiger partial charge in [-0.15, -0.1) is 0 Å². The normalized spacial score (nSPS) is 21.6. The minimum absolute atomic E-state index is 0.0149. The topological polar surface area (TPSA) is 38.3 Å². The number of rotatable bonds is 3. The Morgan fingerprint density at radius 3 is 2.81 bits per heavy atom. The van der Waals surface area contributed by atoms with E-state index in [1.807, 2.05) is 30.3 Å². The zero-order chi connectivity index (χ0) is 14.8. The summed E-state index contributed by atoms with van der Waals surface area (Å²) in [6.07, 6.45) is 1.26. The highest BCUT2D eigenvalue weighted by atomic mass is 79.9. The average Bonchev–Trinajstić information content (AvgIpc) is 2.89. The van der Waals surface area contributed by atoms with Crippen molar-refractivity contribution in [3.8, 4) is 0 Å². The Bertz CT molecular complexity index is 671. The molecule has 0 spiro atoms. The van der Waals surface area contributed by atoms with E-state index in [4.69, 9.17) is 4.74 Å². The van der Waals surface area contributed by atoms with Crippen molar-refractivity contribution in [2.24, 2.45) is 5.92 Å². The molecule has 1 fully saturated rings. The second-order valence-electron chi connectivity index (χ2n) is 5.54. The summed E-state index contributed by atoms with van der Waals surface area (Å²) in [6.45, 7) is 3.54. The molecule has 0 saturated carbocycles. The monoisotopic (exact) mass is 347 g/mol. The maximum atomic E-state index is 12.3. The van der Waals surface area contributed by atoms with Gasteiger partial charge in [0.15, 0.2) is 0 Å². The summed E-state index contributed by atoms with van der Waals surface area (Å²) in [6, 6.07) is 11.8. The molecule has 3 rings (SSSR count). The molecule has 0 aliphatic carbocycles. The van der Waals surface area contributed by atoms with Gasteiger partial charge in [-0.2, -0.15) is 0 Å². The van der Waals surface area contributed by atoms with Crippen molar-refractivity contribution < 1.29 is 9.53 Å². The molecular weight excluding hydrogens is 330 g/mol. The molecule has 4 heteroatoms. The zero-order valence-electron chi connectivity index (χ0n) is 11.9. The van der Waals surface area contributed by atoms with Crippen LogP contribution >= 0.6 is 15.9 Å². The zero-order valence-corrected chi connectivity index (χ0v) is 13.5. The highest BCUT2D eigenvalue weighted by Crippen LogP contribution is 2.22. The summed E-state index contributed by atoms with van der Waals surface area (Å²) in [5, 5.41) is 5.22. The van der Waals surface area contributed by atoms with E-state index in [9.17, 15) is 4.79 Å². The largest absolute Gasteiger partial charge is 0.378 e. The lowest BCUT2D eigenvalue weighted by molar-refractivity contribution is 0.0907. The SMILES string of the molecule is CC1OCCC1CNC(=O)c1ccc2cc(Br)ccc2c1. The predicted octanol–water partition coefficient (Wildman–Crippen LogP) is 3.76. The van der Waals surface area contributed by atoms with Crippen LogP contribution in [0.5, 0.6) is 0 Å². The lowest BCUT2D eigenvalue weighted by Gasteiger charge is -2.14. The van der Waals surface area contributed by atoms with E-state index in [1.54, 1.807) is 0 Å². The quantitative estimate of drug-likeness (QED) is 0.917. The number of fused-ring (bicyclic) bond motifs is 1. The van der Waals surface area contributed by atoms with Crippen molar-refractivity contribution >= 4 is 32.6 Å². The van der Waals surface area contributed by atoms with Crippen LogP contribution in [-0.2, 0) is 4.74 Å². The maximum Gasteiger partial charge on any atom is 0.251 e. The van der Waals surface area contributed by atoms with Gasteiger partial charge in [-0.3, -0.25) is 4.79 Å². The second kappa shape index (κ2) is 6.16. The Balaban J connectivity index is 1.71. The summed E-state index contributed by atoms with van der Waals surface area (Å²) >= 11 is 3.46. The van der Waals surface area contributed by atoms with Crippen molar-refractivity contribution in [2.45, 2.75) is 19.4 Å². The number of hydrogen-bond donors (Lipinski definition) is 1. The maximum absolute atomic E-state index is 12.3. The molecule has 1 aliphatic heterocycles. The van der Waals surface area contributed by atoms with Crippen LogP contribution in [0.4, 0.5) is 0 Å². The number of carbonyl (C=O) groups is 1. The van der Waals surface area contributed by atoms with Crippen molar-refractivity contribution in [1.82, 2.24) is 5.32 Å². The summed E-state index contributed by atoms with van der Waals surface area (Å²) in [7, 11) is 0. The van der Waals surface area contributed by atoms with Gasteiger partial charge in [0.1, 0.15) is 0 Å². The van der Waals surface area contributed by atoms with Gasteiger partial charge in [-0.05, 0) is 48.4 Å². The second-order valence-corrected chi connectivity index (χ2v) is 6.46.